The molecule has 0 aliphatic heterocycles. The van der Waals surface area contributed by atoms with Crippen LogP contribution in [0.25, 0.3) is 0 Å². The highest BCUT2D eigenvalue weighted by molar-refractivity contribution is 9.10. The number of benzene rings is 1. The molecule has 0 saturated heterocycles. The van der Waals surface area contributed by atoms with Crippen molar-refractivity contribution >= 4 is 15.9 Å². The normalized spacial score (nSPS) is 12.7. The van der Waals surface area contributed by atoms with E-state index in [2.05, 4.69) is 52.4 Å². The largest absolute Gasteiger partial charge is 0.276 e. The van der Waals surface area contributed by atoms with E-state index in [0.29, 0.717) is 0 Å². The number of nitrogens with zero attached hydrogens (tertiary/aromatic N) is 2. The van der Waals surface area contributed by atoms with Crippen LogP contribution in [0.1, 0.15) is 28.3 Å². The fraction of sp³-hybridized carbons (Fsp3) is 0.357. The Balaban J connectivity index is 2.27. The van der Waals surface area contributed by atoms with E-state index >= 15 is 0 Å². The second-order valence-corrected chi connectivity index (χ2v) is 5.71. The molecular weight excluding hydrogens is 304 g/mol. The average Bonchev–Trinajstić information content (AvgIpc) is 2.78. The number of hydrogen-bond donors (Lipinski definition) is 2. The van der Waals surface area contributed by atoms with E-state index in [1.165, 1.54) is 22.3 Å². The molecule has 4 nitrogen and oxygen atoms in total. The number of hydrazine groups is 1. The van der Waals surface area contributed by atoms with Crippen LogP contribution >= 0.6 is 15.9 Å². The summed E-state index contributed by atoms with van der Waals surface area (Å²) in [6.45, 7) is 4.19. The summed E-state index contributed by atoms with van der Waals surface area (Å²) in [5.41, 5.74) is 7.71. The minimum atomic E-state index is 0.0923. The van der Waals surface area contributed by atoms with Gasteiger partial charge in [-0.15, -0.1) is 0 Å². The molecule has 0 bridgehead atoms. The summed E-state index contributed by atoms with van der Waals surface area (Å²) in [5, 5.41) is 4.19. The minimum Gasteiger partial charge on any atom is -0.276 e. The van der Waals surface area contributed by atoms with Crippen LogP contribution in [-0.2, 0) is 13.5 Å². The van der Waals surface area contributed by atoms with Gasteiger partial charge in [-0.05, 0) is 42.5 Å². The molecule has 0 aliphatic carbocycles. The smallest absolute Gasteiger partial charge is 0.0522 e. The Morgan fingerprint density at radius 3 is 2.47 bits per heavy atom. The summed E-state index contributed by atoms with van der Waals surface area (Å²) < 4.78 is 2.97. The summed E-state index contributed by atoms with van der Waals surface area (Å²) in [6, 6.07) is 4.42. The Hall–Kier alpha value is -1.17. The lowest BCUT2D eigenvalue weighted by Gasteiger charge is -2.18. The molecule has 102 valence electrons. The molecule has 19 heavy (non-hydrogen) atoms. The standard InChI is InChI=1S/C14H19BrN4/c1-9-4-12(5-10(2)14(9)15)13(18-16)6-11-7-17-19(3)8-11/h4-5,7-8,13,18H,6,16H2,1-3H3. The lowest BCUT2D eigenvalue weighted by Crippen LogP contribution is -2.29. The summed E-state index contributed by atoms with van der Waals surface area (Å²) in [7, 11) is 1.92. The third-order valence-electron chi connectivity index (χ3n) is 3.26. The zero-order valence-corrected chi connectivity index (χ0v) is 13.0. The van der Waals surface area contributed by atoms with Gasteiger partial charge in [0.1, 0.15) is 0 Å². The van der Waals surface area contributed by atoms with Crippen molar-refractivity contribution in [3.63, 3.8) is 0 Å². The summed E-state index contributed by atoms with van der Waals surface area (Å²) in [5.74, 6) is 5.71. The van der Waals surface area contributed by atoms with E-state index < -0.39 is 0 Å². The first-order valence-corrected chi connectivity index (χ1v) is 7.01. The Morgan fingerprint density at radius 1 is 1.37 bits per heavy atom. The Kier molecular flexibility index (Phi) is 4.39. The van der Waals surface area contributed by atoms with Gasteiger partial charge in [0.2, 0.25) is 0 Å². The quantitative estimate of drug-likeness (QED) is 0.672. The molecule has 0 amide bonds. The number of rotatable bonds is 4. The first-order valence-electron chi connectivity index (χ1n) is 6.21. The van der Waals surface area contributed by atoms with Gasteiger partial charge in [0.15, 0.2) is 0 Å². The number of aryl methyl sites for hydroxylation is 3. The van der Waals surface area contributed by atoms with Gasteiger partial charge in [-0.1, -0.05) is 28.1 Å². The van der Waals surface area contributed by atoms with Crippen molar-refractivity contribution in [3.05, 3.63) is 51.3 Å². The van der Waals surface area contributed by atoms with Crippen LogP contribution in [0.5, 0.6) is 0 Å². The highest BCUT2D eigenvalue weighted by atomic mass is 79.9. The van der Waals surface area contributed by atoms with Crippen molar-refractivity contribution < 1.29 is 0 Å². The van der Waals surface area contributed by atoms with Gasteiger partial charge in [0, 0.05) is 17.7 Å². The fourth-order valence-corrected chi connectivity index (χ4v) is 2.50. The van der Waals surface area contributed by atoms with E-state index in [1.54, 1.807) is 4.68 Å². The molecule has 1 aromatic carbocycles. The first-order chi connectivity index (χ1) is 9.01. The second kappa shape index (κ2) is 5.86. The summed E-state index contributed by atoms with van der Waals surface area (Å²) >= 11 is 3.59. The number of hydrogen-bond acceptors (Lipinski definition) is 3. The third-order valence-corrected chi connectivity index (χ3v) is 4.51. The Morgan fingerprint density at radius 2 is 2.00 bits per heavy atom. The van der Waals surface area contributed by atoms with E-state index in [0.717, 1.165) is 10.9 Å². The van der Waals surface area contributed by atoms with E-state index in [-0.39, 0.29) is 6.04 Å². The maximum Gasteiger partial charge on any atom is 0.0522 e. The molecule has 1 unspecified atom stereocenters. The number of nitrogens with one attached hydrogen (secondary N) is 1. The topological polar surface area (TPSA) is 55.9 Å². The molecule has 2 aromatic rings. The highest BCUT2D eigenvalue weighted by Gasteiger charge is 2.14. The predicted octanol–water partition coefficient (Wildman–Crippen LogP) is 2.55. The lowest BCUT2D eigenvalue weighted by atomic mass is 9.97. The maximum atomic E-state index is 5.71. The SMILES string of the molecule is Cc1cc(C(Cc2cnn(C)c2)NN)cc(C)c1Br. The maximum absolute atomic E-state index is 5.71. The molecule has 0 radical (unpaired) electrons. The van der Waals surface area contributed by atoms with Gasteiger partial charge >= 0.3 is 0 Å². The van der Waals surface area contributed by atoms with Crippen LogP contribution in [-0.4, -0.2) is 9.78 Å². The molecule has 0 aliphatic rings. The van der Waals surface area contributed by atoms with Crippen LogP contribution in [0.15, 0.2) is 29.0 Å². The number of aromatic nitrogens is 2. The summed E-state index contributed by atoms with van der Waals surface area (Å²) in [6.07, 6.45) is 4.72. The third kappa shape index (κ3) is 3.23. The molecule has 2 rings (SSSR count). The van der Waals surface area contributed by atoms with Gasteiger partial charge in [0.25, 0.3) is 0 Å². The molecule has 1 heterocycles. The molecule has 0 saturated carbocycles. The molecule has 1 atom stereocenters. The van der Waals surface area contributed by atoms with Crippen molar-refractivity contribution in [2.75, 3.05) is 0 Å². The monoisotopic (exact) mass is 322 g/mol. The predicted molar refractivity (Wildman–Crippen MR) is 80.6 cm³/mol. The van der Waals surface area contributed by atoms with Crippen molar-refractivity contribution in [1.82, 2.24) is 15.2 Å². The second-order valence-electron chi connectivity index (χ2n) is 4.91. The molecule has 0 fully saturated rings. The molecule has 5 heteroatoms. The van der Waals surface area contributed by atoms with Crippen molar-refractivity contribution in [2.45, 2.75) is 26.3 Å². The van der Waals surface area contributed by atoms with E-state index in [4.69, 9.17) is 5.84 Å². The molecule has 1 aromatic heterocycles. The van der Waals surface area contributed by atoms with Crippen molar-refractivity contribution in [2.24, 2.45) is 12.9 Å². The fourth-order valence-electron chi connectivity index (χ4n) is 2.27. The van der Waals surface area contributed by atoms with Gasteiger partial charge in [-0.3, -0.25) is 16.0 Å². The first kappa shape index (κ1) is 14.2. The Labute approximate surface area is 122 Å². The highest BCUT2D eigenvalue weighted by Crippen LogP contribution is 2.26. The zero-order valence-electron chi connectivity index (χ0n) is 11.4. The zero-order chi connectivity index (χ0) is 14.0. The number of halogens is 1. The molecule has 0 spiro atoms. The van der Waals surface area contributed by atoms with Gasteiger partial charge < -0.3 is 0 Å². The average molecular weight is 323 g/mol. The molecular formula is C14H19BrN4. The van der Waals surface area contributed by atoms with Gasteiger partial charge in [0.05, 0.1) is 12.2 Å². The minimum absolute atomic E-state index is 0.0923. The van der Waals surface area contributed by atoms with E-state index in [1.807, 2.05) is 19.4 Å². The van der Waals surface area contributed by atoms with E-state index in [9.17, 15) is 0 Å². The van der Waals surface area contributed by atoms with Crippen LogP contribution in [0, 0.1) is 13.8 Å². The van der Waals surface area contributed by atoms with Crippen LogP contribution in [0.3, 0.4) is 0 Å². The van der Waals surface area contributed by atoms with Gasteiger partial charge in [-0.2, -0.15) is 5.10 Å². The molecule has 3 N–H and O–H groups in total. The van der Waals surface area contributed by atoms with Crippen LogP contribution in [0.4, 0.5) is 0 Å². The van der Waals surface area contributed by atoms with Crippen LogP contribution < -0.4 is 11.3 Å². The Bertz CT molecular complexity index is 554. The van der Waals surface area contributed by atoms with Gasteiger partial charge in [-0.25, -0.2) is 0 Å². The van der Waals surface area contributed by atoms with Crippen molar-refractivity contribution in [3.8, 4) is 0 Å². The van der Waals surface area contributed by atoms with Crippen LogP contribution in [0.2, 0.25) is 0 Å². The summed E-state index contributed by atoms with van der Waals surface area (Å²) in [4.78, 5) is 0. The van der Waals surface area contributed by atoms with Crippen molar-refractivity contribution in [1.29, 1.82) is 0 Å². The number of nitrogens with two attached hydrogens (primary N) is 1. The lowest BCUT2D eigenvalue weighted by molar-refractivity contribution is 0.551.